The molecular weight excluding hydrogens is 252 g/mol. The van der Waals surface area contributed by atoms with Gasteiger partial charge in [-0.15, -0.1) is 0 Å². The maximum Gasteiger partial charge on any atom is 0.248 e. The molecule has 4 nitrogen and oxygen atoms in total. The van der Waals surface area contributed by atoms with Crippen molar-refractivity contribution in [1.82, 2.24) is 5.32 Å². The van der Waals surface area contributed by atoms with E-state index in [0.29, 0.717) is 18.7 Å². The molecule has 4 heteroatoms. The van der Waals surface area contributed by atoms with Gasteiger partial charge in [-0.1, -0.05) is 30.3 Å². The number of nitrogens with one attached hydrogen (secondary N) is 1. The first-order valence-corrected chi connectivity index (χ1v) is 6.53. The molecule has 0 fully saturated rings. The molecule has 0 heterocycles. The highest BCUT2D eigenvalue weighted by molar-refractivity contribution is 5.92. The summed E-state index contributed by atoms with van der Waals surface area (Å²) in [4.78, 5) is 11.1. The Kier molecular flexibility index (Phi) is 5.15. The summed E-state index contributed by atoms with van der Waals surface area (Å²) in [6, 6.07) is 17.0. The van der Waals surface area contributed by atoms with Crippen LogP contribution in [0.3, 0.4) is 0 Å². The summed E-state index contributed by atoms with van der Waals surface area (Å²) in [5.41, 5.74) is 6.81. The van der Waals surface area contributed by atoms with Gasteiger partial charge in [-0.25, -0.2) is 0 Å². The van der Waals surface area contributed by atoms with Crippen LogP contribution in [0, 0.1) is 0 Å². The molecule has 0 spiro atoms. The van der Waals surface area contributed by atoms with Crippen LogP contribution in [0.1, 0.15) is 15.9 Å². The average Bonchev–Trinajstić information content (AvgIpc) is 2.48. The Labute approximate surface area is 118 Å². The lowest BCUT2D eigenvalue weighted by molar-refractivity contribution is 0.1000. The van der Waals surface area contributed by atoms with Gasteiger partial charge in [0.15, 0.2) is 0 Å². The second-order valence-corrected chi connectivity index (χ2v) is 4.40. The number of benzene rings is 2. The molecule has 2 rings (SSSR count). The quantitative estimate of drug-likeness (QED) is 0.756. The first kappa shape index (κ1) is 14.1. The van der Waals surface area contributed by atoms with Crippen molar-refractivity contribution in [2.45, 2.75) is 6.54 Å². The fourth-order valence-corrected chi connectivity index (χ4v) is 1.83. The summed E-state index contributed by atoms with van der Waals surface area (Å²) in [6.45, 7) is 2.01. The smallest absolute Gasteiger partial charge is 0.248 e. The molecule has 3 N–H and O–H groups in total. The summed E-state index contributed by atoms with van der Waals surface area (Å²) in [7, 11) is 0. The van der Waals surface area contributed by atoms with Gasteiger partial charge in [-0.3, -0.25) is 4.79 Å². The first-order valence-electron chi connectivity index (χ1n) is 6.53. The molecule has 0 radical (unpaired) electrons. The minimum Gasteiger partial charge on any atom is -0.492 e. The molecule has 2 aromatic rings. The lowest BCUT2D eigenvalue weighted by Crippen LogP contribution is -2.21. The predicted molar refractivity (Wildman–Crippen MR) is 78.6 cm³/mol. The van der Waals surface area contributed by atoms with Gasteiger partial charge < -0.3 is 15.8 Å². The Morgan fingerprint density at radius 2 is 1.90 bits per heavy atom. The van der Waals surface area contributed by atoms with Gasteiger partial charge in [0.1, 0.15) is 12.4 Å². The zero-order valence-corrected chi connectivity index (χ0v) is 11.2. The minimum absolute atomic E-state index is 0.403. The fourth-order valence-electron chi connectivity index (χ4n) is 1.83. The molecule has 20 heavy (non-hydrogen) atoms. The third-order valence-electron chi connectivity index (χ3n) is 2.83. The highest BCUT2D eigenvalue weighted by Crippen LogP contribution is 2.07. The molecule has 0 aliphatic carbocycles. The second kappa shape index (κ2) is 7.31. The molecule has 0 bridgehead atoms. The molecule has 104 valence electrons. The van der Waals surface area contributed by atoms with E-state index in [-0.39, 0.29) is 0 Å². The topological polar surface area (TPSA) is 64.4 Å². The summed E-state index contributed by atoms with van der Waals surface area (Å²) in [5, 5.41) is 3.26. The van der Waals surface area contributed by atoms with Crippen molar-refractivity contribution in [1.29, 1.82) is 0 Å². The lowest BCUT2D eigenvalue weighted by atomic mass is 10.1. The van der Waals surface area contributed by atoms with Gasteiger partial charge in [-0.05, 0) is 29.8 Å². The molecule has 0 aliphatic rings. The van der Waals surface area contributed by atoms with E-state index in [1.807, 2.05) is 42.5 Å². The summed E-state index contributed by atoms with van der Waals surface area (Å²) in [5.74, 6) is 0.462. The van der Waals surface area contributed by atoms with Crippen molar-refractivity contribution in [3.05, 3.63) is 65.7 Å². The molecule has 0 atom stereocenters. The van der Waals surface area contributed by atoms with Crippen molar-refractivity contribution in [3.8, 4) is 5.75 Å². The number of primary amides is 1. The van der Waals surface area contributed by atoms with Crippen molar-refractivity contribution >= 4 is 5.91 Å². The normalized spacial score (nSPS) is 10.2. The van der Waals surface area contributed by atoms with Crippen LogP contribution < -0.4 is 15.8 Å². The summed E-state index contributed by atoms with van der Waals surface area (Å²) in [6.07, 6.45) is 0. The van der Waals surface area contributed by atoms with Crippen LogP contribution in [0.25, 0.3) is 0 Å². The molecule has 0 aliphatic heterocycles. The highest BCUT2D eigenvalue weighted by Gasteiger charge is 2.00. The van der Waals surface area contributed by atoms with Crippen LogP contribution in [-0.4, -0.2) is 19.1 Å². The Balaban J connectivity index is 1.71. The van der Waals surface area contributed by atoms with E-state index in [9.17, 15) is 4.79 Å². The van der Waals surface area contributed by atoms with Gasteiger partial charge in [0.25, 0.3) is 0 Å². The molecule has 0 saturated carbocycles. The number of para-hydroxylation sites is 1. The number of ether oxygens (including phenoxy) is 1. The van der Waals surface area contributed by atoms with Crippen LogP contribution in [0.5, 0.6) is 5.75 Å². The fraction of sp³-hybridized carbons (Fsp3) is 0.188. The van der Waals surface area contributed by atoms with Gasteiger partial charge in [-0.2, -0.15) is 0 Å². The highest BCUT2D eigenvalue weighted by atomic mass is 16.5. The number of rotatable bonds is 7. The van der Waals surface area contributed by atoms with Gasteiger partial charge in [0, 0.05) is 18.7 Å². The SMILES string of the molecule is NC(=O)c1cccc(CNCCOc2ccccc2)c1. The molecule has 1 amide bonds. The van der Waals surface area contributed by atoms with Crippen molar-refractivity contribution in [2.24, 2.45) is 5.73 Å². The van der Waals surface area contributed by atoms with E-state index >= 15 is 0 Å². The van der Waals surface area contributed by atoms with E-state index in [1.165, 1.54) is 0 Å². The van der Waals surface area contributed by atoms with Crippen LogP contribution in [-0.2, 0) is 6.54 Å². The molecule has 2 aromatic carbocycles. The maximum atomic E-state index is 11.1. The third kappa shape index (κ3) is 4.40. The van der Waals surface area contributed by atoms with E-state index in [0.717, 1.165) is 17.9 Å². The van der Waals surface area contributed by atoms with Crippen LogP contribution >= 0.6 is 0 Å². The Morgan fingerprint density at radius 3 is 2.65 bits per heavy atom. The largest absolute Gasteiger partial charge is 0.492 e. The first-order chi connectivity index (χ1) is 9.75. The van der Waals surface area contributed by atoms with E-state index < -0.39 is 5.91 Å². The number of hydrogen-bond acceptors (Lipinski definition) is 3. The average molecular weight is 270 g/mol. The third-order valence-corrected chi connectivity index (χ3v) is 2.83. The van der Waals surface area contributed by atoms with Gasteiger partial charge >= 0.3 is 0 Å². The standard InChI is InChI=1S/C16H18N2O2/c17-16(19)14-6-4-5-13(11-14)12-18-9-10-20-15-7-2-1-3-8-15/h1-8,11,18H,9-10,12H2,(H2,17,19). The molecular formula is C16H18N2O2. The molecule has 0 aromatic heterocycles. The number of carbonyl (C=O) groups is 1. The predicted octanol–water partition coefficient (Wildman–Crippen LogP) is 1.95. The number of hydrogen-bond donors (Lipinski definition) is 2. The Hall–Kier alpha value is -2.33. The van der Waals surface area contributed by atoms with E-state index in [4.69, 9.17) is 10.5 Å². The number of nitrogens with two attached hydrogens (primary N) is 1. The molecule has 0 saturated heterocycles. The molecule has 0 unspecified atom stereocenters. The van der Waals surface area contributed by atoms with Crippen LogP contribution in [0.4, 0.5) is 0 Å². The van der Waals surface area contributed by atoms with Crippen molar-refractivity contribution in [3.63, 3.8) is 0 Å². The van der Waals surface area contributed by atoms with Gasteiger partial charge in [0.05, 0.1) is 0 Å². The lowest BCUT2D eigenvalue weighted by Gasteiger charge is -2.08. The van der Waals surface area contributed by atoms with E-state index in [1.54, 1.807) is 12.1 Å². The monoisotopic (exact) mass is 270 g/mol. The van der Waals surface area contributed by atoms with Crippen LogP contribution in [0.15, 0.2) is 54.6 Å². The zero-order valence-electron chi connectivity index (χ0n) is 11.2. The van der Waals surface area contributed by atoms with E-state index in [2.05, 4.69) is 5.32 Å². The van der Waals surface area contributed by atoms with Crippen LogP contribution in [0.2, 0.25) is 0 Å². The Morgan fingerprint density at radius 1 is 1.10 bits per heavy atom. The number of amides is 1. The van der Waals surface area contributed by atoms with Crippen molar-refractivity contribution in [2.75, 3.05) is 13.2 Å². The van der Waals surface area contributed by atoms with Gasteiger partial charge in [0.2, 0.25) is 5.91 Å². The Bertz CT molecular complexity index is 555. The maximum absolute atomic E-state index is 11.1. The second-order valence-electron chi connectivity index (χ2n) is 4.40. The zero-order chi connectivity index (χ0) is 14.2. The van der Waals surface area contributed by atoms with Crippen molar-refractivity contribution < 1.29 is 9.53 Å². The summed E-state index contributed by atoms with van der Waals surface area (Å²) >= 11 is 0. The summed E-state index contributed by atoms with van der Waals surface area (Å²) < 4.78 is 5.57. The number of carbonyl (C=O) groups excluding carboxylic acids is 1. The minimum atomic E-state index is -0.403.